The lowest BCUT2D eigenvalue weighted by Crippen LogP contribution is -2.52. The van der Waals surface area contributed by atoms with E-state index in [9.17, 15) is 19.5 Å². The second kappa shape index (κ2) is 11.4. The first kappa shape index (κ1) is 24.1. The van der Waals surface area contributed by atoms with Crippen molar-refractivity contribution in [3.8, 4) is 0 Å². The Kier molecular flexibility index (Phi) is 7.87. The van der Waals surface area contributed by atoms with E-state index < -0.39 is 42.5 Å². The van der Waals surface area contributed by atoms with Gasteiger partial charge in [-0.05, 0) is 36.4 Å². The molecule has 0 aromatic heterocycles. The predicted octanol–water partition coefficient (Wildman–Crippen LogP) is 3.40. The first-order chi connectivity index (χ1) is 17.0. The Balaban J connectivity index is 1.46. The molecule has 180 valence electrons. The van der Waals surface area contributed by atoms with E-state index in [0.717, 1.165) is 0 Å². The van der Waals surface area contributed by atoms with Gasteiger partial charge in [-0.1, -0.05) is 54.6 Å². The average Bonchev–Trinajstić information content (AvgIpc) is 2.90. The van der Waals surface area contributed by atoms with Gasteiger partial charge in [-0.15, -0.1) is 0 Å². The number of benzene rings is 3. The van der Waals surface area contributed by atoms with Crippen molar-refractivity contribution in [3.63, 3.8) is 0 Å². The third kappa shape index (κ3) is 6.32. The quantitative estimate of drug-likeness (QED) is 0.408. The van der Waals surface area contributed by atoms with Crippen LogP contribution >= 0.6 is 0 Å². The van der Waals surface area contributed by atoms with Crippen LogP contribution in [0.15, 0.2) is 91.0 Å². The molecule has 8 heteroatoms. The molecule has 1 heterocycles. The minimum atomic E-state index is -1.50. The highest BCUT2D eigenvalue weighted by molar-refractivity contribution is 5.90. The number of rotatable bonds is 7. The maximum atomic E-state index is 12.7. The molecule has 0 aliphatic carbocycles. The predicted molar refractivity (Wildman–Crippen MR) is 124 cm³/mol. The summed E-state index contributed by atoms with van der Waals surface area (Å²) >= 11 is 0. The number of hydrogen-bond donors (Lipinski definition) is 1. The van der Waals surface area contributed by atoms with Crippen LogP contribution in [0.4, 0.5) is 0 Å². The zero-order valence-electron chi connectivity index (χ0n) is 18.7. The molecular formula is C27H24O8. The number of carbonyl (C=O) groups excluding carboxylic acids is 3. The molecule has 8 nitrogen and oxygen atoms in total. The molecule has 1 aliphatic rings. The second-order valence-electron chi connectivity index (χ2n) is 7.88. The van der Waals surface area contributed by atoms with Crippen molar-refractivity contribution in [1.82, 2.24) is 0 Å². The van der Waals surface area contributed by atoms with Gasteiger partial charge in [0.2, 0.25) is 0 Å². The van der Waals surface area contributed by atoms with E-state index in [1.54, 1.807) is 91.0 Å². The number of hydrogen-bond acceptors (Lipinski definition) is 8. The zero-order valence-corrected chi connectivity index (χ0v) is 18.7. The van der Waals surface area contributed by atoms with Gasteiger partial charge in [-0.3, -0.25) is 0 Å². The van der Waals surface area contributed by atoms with E-state index in [1.807, 2.05) is 0 Å². The van der Waals surface area contributed by atoms with E-state index in [1.165, 1.54) is 0 Å². The maximum Gasteiger partial charge on any atom is 0.338 e. The van der Waals surface area contributed by atoms with Crippen LogP contribution < -0.4 is 0 Å². The fourth-order valence-electron chi connectivity index (χ4n) is 3.60. The zero-order chi connectivity index (χ0) is 24.6. The van der Waals surface area contributed by atoms with Crippen LogP contribution in [0, 0.1) is 0 Å². The van der Waals surface area contributed by atoms with Crippen LogP contribution in [-0.4, -0.2) is 54.2 Å². The van der Waals surface area contributed by atoms with Gasteiger partial charge in [0.25, 0.3) is 0 Å². The normalized spacial score (nSPS) is 21.5. The molecule has 0 unspecified atom stereocenters. The number of aliphatic hydroxyl groups excluding tert-OH is 1. The van der Waals surface area contributed by atoms with Gasteiger partial charge in [0, 0.05) is 6.42 Å². The summed E-state index contributed by atoms with van der Waals surface area (Å²) in [5.74, 6) is -1.86. The molecule has 3 aromatic carbocycles. The van der Waals surface area contributed by atoms with Crippen LogP contribution in [-0.2, 0) is 18.9 Å². The molecular weight excluding hydrogens is 452 g/mol. The lowest BCUT2D eigenvalue weighted by atomic mass is 10.0. The number of esters is 3. The molecule has 0 saturated carbocycles. The molecule has 1 fully saturated rings. The summed E-state index contributed by atoms with van der Waals surface area (Å²) in [4.78, 5) is 37.6. The maximum absolute atomic E-state index is 12.7. The van der Waals surface area contributed by atoms with Gasteiger partial charge < -0.3 is 24.1 Å². The van der Waals surface area contributed by atoms with E-state index in [4.69, 9.17) is 18.9 Å². The number of ether oxygens (including phenoxy) is 4. The fraction of sp³-hybridized carbons (Fsp3) is 0.222. The Morgan fingerprint density at radius 2 is 1.11 bits per heavy atom. The van der Waals surface area contributed by atoms with Crippen LogP contribution in [0.3, 0.4) is 0 Å². The van der Waals surface area contributed by atoms with Gasteiger partial charge in [-0.25, -0.2) is 14.4 Å². The number of carbonyl (C=O) groups is 3. The Hall–Kier alpha value is -4.01. The smallest absolute Gasteiger partial charge is 0.338 e. The van der Waals surface area contributed by atoms with Crippen molar-refractivity contribution in [2.75, 3.05) is 6.61 Å². The van der Waals surface area contributed by atoms with Crippen molar-refractivity contribution in [2.45, 2.75) is 31.0 Å². The highest BCUT2D eigenvalue weighted by Gasteiger charge is 2.42. The summed E-state index contributed by atoms with van der Waals surface area (Å²) in [6, 6.07) is 25.0. The number of aliphatic hydroxyl groups is 1. The van der Waals surface area contributed by atoms with Crippen molar-refractivity contribution in [2.24, 2.45) is 0 Å². The lowest BCUT2D eigenvalue weighted by molar-refractivity contribution is -0.250. The molecule has 1 N–H and O–H groups in total. The third-order valence-electron chi connectivity index (χ3n) is 5.44. The van der Waals surface area contributed by atoms with Gasteiger partial charge >= 0.3 is 17.9 Å². The van der Waals surface area contributed by atoms with E-state index >= 15 is 0 Å². The first-order valence-electron chi connectivity index (χ1n) is 11.1. The van der Waals surface area contributed by atoms with Gasteiger partial charge in [0.05, 0.1) is 16.7 Å². The van der Waals surface area contributed by atoms with Crippen LogP contribution in [0.1, 0.15) is 37.5 Å². The summed E-state index contributed by atoms with van der Waals surface area (Å²) in [7, 11) is 0. The summed E-state index contributed by atoms with van der Waals surface area (Å²) in [6.07, 6.45) is -4.58. The van der Waals surface area contributed by atoms with E-state index in [0.29, 0.717) is 16.7 Å². The van der Waals surface area contributed by atoms with Crippen LogP contribution in [0.25, 0.3) is 0 Å². The van der Waals surface area contributed by atoms with Crippen LogP contribution in [0.2, 0.25) is 0 Å². The molecule has 1 aliphatic heterocycles. The largest absolute Gasteiger partial charge is 0.459 e. The molecule has 0 bridgehead atoms. The molecule has 35 heavy (non-hydrogen) atoms. The lowest BCUT2D eigenvalue weighted by Gasteiger charge is -2.38. The fourth-order valence-corrected chi connectivity index (χ4v) is 3.60. The van der Waals surface area contributed by atoms with Crippen molar-refractivity contribution in [1.29, 1.82) is 0 Å². The monoisotopic (exact) mass is 476 g/mol. The van der Waals surface area contributed by atoms with E-state index in [-0.39, 0.29) is 13.0 Å². The highest BCUT2D eigenvalue weighted by atomic mass is 16.7. The average molecular weight is 476 g/mol. The third-order valence-corrected chi connectivity index (χ3v) is 5.44. The summed E-state index contributed by atoms with van der Waals surface area (Å²) in [5.41, 5.74) is 0.962. The summed E-state index contributed by atoms with van der Waals surface area (Å²) < 4.78 is 22.0. The molecule has 4 atom stereocenters. The Bertz CT molecular complexity index is 1130. The van der Waals surface area contributed by atoms with Gasteiger partial charge in [-0.2, -0.15) is 0 Å². The Morgan fingerprint density at radius 3 is 1.60 bits per heavy atom. The summed E-state index contributed by atoms with van der Waals surface area (Å²) in [5, 5.41) is 10.5. The van der Waals surface area contributed by atoms with Gasteiger partial charge in [0.1, 0.15) is 18.8 Å². The first-order valence-corrected chi connectivity index (χ1v) is 11.1. The van der Waals surface area contributed by atoms with Crippen molar-refractivity contribution >= 4 is 17.9 Å². The molecule has 0 amide bonds. The SMILES string of the molecule is O=C(OC[C@H]1O[C@@H](O)[C@H](OC(=O)c2ccccc2)C[C@@H]1OC(=O)c1ccccc1)c1ccccc1. The van der Waals surface area contributed by atoms with Gasteiger partial charge in [0.15, 0.2) is 12.4 Å². The highest BCUT2D eigenvalue weighted by Crippen LogP contribution is 2.26. The minimum Gasteiger partial charge on any atom is -0.459 e. The molecule has 3 aromatic rings. The summed E-state index contributed by atoms with van der Waals surface area (Å²) in [6.45, 7) is -0.281. The molecule has 4 rings (SSSR count). The molecule has 0 spiro atoms. The van der Waals surface area contributed by atoms with Crippen LogP contribution in [0.5, 0.6) is 0 Å². The second-order valence-corrected chi connectivity index (χ2v) is 7.88. The topological polar surface area (TPSA) is 108 Å². The molecule has 0 radical (unpaired) electrons. The molecule has 1 saturated heterocycles. The van der Waals surface area contributed by atoms with Crippen molar-refractivity contribution in [3.05, 3.63) is 108 Å². The van der Waals surface area contributed by atoms with Crippen molar-refractivity contribution < 1.29 is 38.4 Å². The Morgan fingerprint density at radius 1 is 0.686 bits per heavy atom. The standard InChI is InChI=1S/C27H24O8/c28-24(18-10-4-1-5-11-18)32-17-23-21(33-25(29)19-12-6-2-7-13-19)16-22(27(31)35-23)34-26(30)20-14-8-3-9-15-20/h1-15,21-23,27,31H,16-17H2/t21-,22+,23+,27+/m0/s1. The minimum absolute atomic E-state index is 0.0497. The Labute approximate surface area is 202 Å². The van der Waals surface area contributed by atoms with E-state index in [2.05, 4.69) is 0 Å².